The lowest BCUT2D eigenvalue weighted by atomic mass is 9.89. The van der Waals surface area contributed by atoms with Crippen molar-refractivity contribution in [3.05, 3.63) is 29.6 Å². The summed E-state index contributed by atoms with van der Waals surface area (Å²) < 4.78 is 219. The molecule has 2 rings (SSSR count). The Kier molecular flexibility index (Phi) is 8.40. The molecule has 0 spiro atoms. The normalized spacial score (nSPS) is 14.4. The van der Waals surface area contributed by atoms with Crippen LogP contribution in [0.1, 0.15) is 0 Å². The molecule has 1 N–H and O–H groups in total. The summed E-state index contributed by atoms with van der Waals surface area (Å²) in [6, 6.07) is 5.30. The van der Waals surface area contributed by atoms with Crippen molar-refractivity contribution < 1.29 is 79.8 Å². The molecule has 0 fully saturated rings. The molecule has 0 radical (unpaired) electrons. The Morgan fingerprint density at radius 1 is 0.775 bits per heavy atom. The molecule has 226 valence electrons. The van der Waals surface area contributed by atoms with E-state index in [4.69, 9.17) is 4.74 Å². The van der Waals surface area contributed by atoms with E-state index in [1.807, 2.05) is 0 Å². The predicted molar refractivity (Wildman–Crippen MR) is 103 cm³/mol. The summed E-state index contributed by atoms with van der Waals surface area (Å²) in [7, 11) is 1.28. The molecule has 1 amide bonds. The Morgan fingerprint density at radius 2 is 1.23 bits per heavy atom. The number of carbonyl (C=O) groups excluding carboxylic acids is 1. The van der Waals surface area contributed by atoms with Crippen molar-refractivity contribution >= 4 is 22.4 Å². The van der Waals surface area contributed by atoms with Gasteiger partial charge in [-0.15, -0.1) is 11.3 Å². The van der Waals surface area contributed by atoms with Gasteiger partial charge in [-0.25, -0.2) is 13.8 Å². The minimum absolute atomic E-state index is 0.170. The first-order valence-corrected chi connectivity index (χ1v) is 10.6. The molecular weight excluding hydrogens is 624 g/mol. The van der Waals surface area contributed by atoms with E-state index in [9.17, 15) is 75.0 Å². The third-order valence-electron chi connectivity index (χ3n) is 5.06. The number of rotatable bonds is 11. The number of anilines is 1. The van der Waals surface area contributed by atoms with Crippen LogP contribution in [0.15, 0.2) is 29.6 Å². The molecule has 0 bridgehead atoms. The molecule has 4 nitrogen and oxygen atoms in total. The predicted octanol–water partition coefficient (Wildman–Crippen LogP) is 7.47. The quantitative estimate of drug-likeness (QED) is 0.261. The summed E-state index contributed by atoms with van der Waals surface area (Å²) in [5.74, 6) is -59.7. The van der Waals surface area contributed by atoms with E-state index in [1.54, 1.807) is 0 Å². The van der Waals surface area contributed by atoms with Gasteiger partial charge in [0.25, 0.3) is 0 Å². The molecule has 2 aromatic rings. The van der Waals surface area contributed by atoms with Crippen LogP contribution in [0, 0.1) is 0 Å². The molecule has 1 aromatic heterocycles. The maximum Gasteiger partial charge on any atom is 0.393 e. The van der Waals surface area contributed by atoms with Crippen molar-refractivity contribution in [1.29, 1.82) is 0 Å². The number of methoxy groups -OCH3 is 1. The summed E-state index contributed by atoms with van der Waals surface area (Å²) >= 11 is 0.174. The molecule has 0 unspecified atom stereocenters. The van der Waals surface area contributed by atoms with Crippen molar-refractivity contribution in [2.24, 2.45) is 0 Å². The standard InChI is InChI=1S/C19H10F16N2O2S/c1-39-8-4-2-7(3-5-8)9-6-40-12(36-9)37-11(38)14(24,25)16(28,29)18(32,33)19(34,35)17(30,31)15(26,27)13(22,23)10(20)21/h2-6,10H,1H3,(H,36,37,38). The fraction of sp³-hybridized carbons (Fsp3) is 0.474. The summed E-state index contributed by atoms with van der Waals surface area (Å²) in [6.07, 6.45) is -5.94. The van der Waals surface area contributed by atoms with E-state index < -0.39 is 58.9 Å². The van der Waals surface area contributed by atoms with E-state index >= 15 is 0 Å². The number of benzene rings is 1. The average Bonchev–Trinajstić information content (AvgIpc) is 3.31. The molecular formula is C19H10F16N2O2S. The van der Waals surface area contributed by atoms with Crippen LogP contribution in [0.2, 0.25) is 0 Å². The molecule has 1 aromatic carbocycles. The number of nitrogens with zero attached hydrogens (tertiary/aromatic N) is 1. The van der Waals surface area contributed by atoms with Crippen LogP contribution in [0.3, 0.4) is 0 Å². The van der Waals surface area contributed by atoms with Crippen molar-refractivity contribution in [1.82, 2.24) is 4.98 Å². The van der Waals surface area contributed by atoms with Gasteiger partial charge in [0.2, 0.25) is 0 Å². The first-order valence-electron chi connectivity index (χ1n) is 9.68. The van der Waals surface area contributed by atoms with E-state index in [0.29, 0.717) is 5.75 Å². The highest BCUT2D eigenvalue weighted by Gasteiger charge is 2.94. The number of halogens is 16. The van der Waals surface area contributed by atoms with Gasteiger partial charge in [-0.2, -0.15) is 61.5 Å². The van der Waals surface area contributed by atoms with Gasteiger partial charge in [0.15, 0.2) is 5.13 Å². The second-order valence-electron chi connectivity index (χ2n) is 7.59. The zero-order chi connectivity index (χ0) is 31.3. The molecule has 21 heteroatoms. The van der Waals surface area contributed by atoms with Crippen LogP contribution in [0.25, 0.3) is 11.3 Å². The number of aromatic nitrogens is 1. The number of carbonyl (C=O) groups is 1. The van der Waals surface area contributed by atoms with Crippen LogP contribution in [-0.4, -0.2) is 65.9 Å². The smallest absolute Gasteiger partial charge is 0.393 e. The van der Waals surface area contributed by atoms with Crippen molar-refractivity contribution in [3.8, 4) is 17.0 Å². The second-order valence-corrected chi connectivity index (χ2v) is 8.45. The highest BCUT2D eigenvalue weighted by atomic mass is 32.1. The first-order chi connectivity index (χ1) is 17.8. The number of ether oxygens (including phenoxy) is 1. The number of alkyl halides is 16. The maximum atomic E-state index is 14.1. The molecule has 0 aliphatic carbocycles. The summed E-state index contributed by atoms with van der Waals surface area (Å²) in [5, 5.41) is 0.714. The number of nitrogens with one attached hydrogen (secondary N) is 1. The van der Waals surface area contributed by atoms with Gasteiger partial charge < -0.3 is 4.74 Å². The third-order valence-corrected chi connectivity index (χ3v) is 5.82. The molecule has 0 saturated heterocycles. The fourth-order valence-electron chi connectivity index (χ4n) is 2.68. The van der Waals surface area contributed by atoms with Crippen molar-refractivity contribution in [2.45, 2.75) is 47.9 Å². The molecule has 40 heavy (non-hydrogen) atoms. The molecule has 0 atom stereocenters. The Balaban J connectivity index is 2.42. The van der Waals surface area contributed by atoms with Gasteiger partial charge in [-0.05, 0) is 24.3 Å². The van der Waals surface area contributed by atoms with E-state index in [-0.39, 0.29) is 22.6 Å². The Bertz CT molecular complexity index is 1210. The lowest BCUT2D eigenvalue weighted by molar-refractivity contribution is -0.443. The molecule has 0 saturated carbocycles. The Labute approximate surface area is 214 Å². The lowest BCUT2D eigenvalue weighted by Crippen LogP contribution is -2.74. The topological polar surface area (TPSA) is 51.2 Å². The van der Waals surface area contributed by atoms with Crippen molar-refractivity contribution in [2.75, 3.05) is 12.4 Å². The van der Waals surface area contributed by atoms with Crippen molar-refractivity contribution in [3.63, 3.8) is 0 Å². The van der Waals surface area contributed by atoms with Crippen LogP contribution in [0.4, 0.5) is 75.4 Å². The van der Waals surface area contributed by atoms with Gasteiger partial charge in [0.1, 0.15) is 5.75 Å². The fourth-order valence-corrected chi connectivity index (χ4v) is 3.39. The average molecular weight is 634 g/mol. The Morgan fingerprint density at radius 3 is 1.68 bits per heavy atom. The summed E-state index contributed by atoms with van der Waals surface area (Å²) in [5.41, 5.74) is 0.00120. The van der Waals surface area contributed by atoms with E-state index in [0.717, 1.165) is 10.7 Å². The highest BCUT2D eigenvalue weighted by Crippen LogP contribution is 2.62. The van der Waals surface area contributed by atoms with Crippen LogP contribution in [0.5, 0.6) is 5.75 Å². The van der Waals surface area contributed by atoms with Gasteiger partial charge in [-0.1, -0.05) is 0 Å². The van der Waals surface area contributed by atoms with Crippen LogP contribution >= 0.6 is 11.3 Å². The zero-order valence-electron chi connectivity index (χ0n) is 18.7. The number of hydrogen-bond donors (Lipinski definition) is 1. The zero-order valence-corrected chi connectivity index (χ0v) is 19.5. The van der Waals surface area contributed by atoms with E-state index in [1.165, 1.54) is 31.4 Å². The highest BCUT2D eigenvalue weighted by molar-refractivity contribution is 7.14. The van der Waals surface area contributed by atoms with Crippen LogP contribution in [-0.2, 0) is 4.79 Å². The minimum Gasteiger partial charge on any atom is -0.497 e. The molecule has 0 aliphatic rings. The van der Waals surface area contributed by atoms with Gasteiger partial charge >= 0.3 is 53.8 Å². The number of hydrogen-bond acceptors (Lipinski definition) is 4. The summed E-state index contributed by atoms with van der Waals surface area (Å²) in [6.45, 7) is 0. The largest absolute Gasteiger partial charge is 0.497 e. The third kappa shape index (κ3) is 4.78. The number of amides is 1. The van der Waals surface area contributed by atoms with E-state index in [2.05, 4.69) is 4.98 Å². The lowest BCUT2D eigenvalue weighted by Gasteiger charge is -2.42. The second kappa shape index (κ2) is 10.1. The molecule has 0 aliphatic heterocycles. The van der Waals surface area contributed by atoms with Gasteiger partial charge in [0.05, 0.1) is 12.8 Å². The first kappa shape index (κ1) is 33.2. The summed E-state index contributed by atoms with van der Waals surface area (Å²) in [4.78, 5) is 15.1. The molecule has 1 heterocycles. The monoisotopic (exact) mass is 634 g/mol. The van der Waals surface area contributed by atoms with Gasteiger partial charge in [-0.3, -0.25) is 10.1 Å². The van der Waals surface area contributed by atoms with Crippen LogP contribution < -0.4 is 10.1 Å². The maximum absolute atomic E-state index is 14.1. The van der Waals surface area contributed by atoms with Gasteiger partial charge in [0, 0.05) is 10.9 Å². The number of thiazole rings is 1. The SMILES string of the molecule is COc1ccc(-c2csc(NC(=O)C(F)(F)C(F)(F)C(F)(F)C(F)(F)C(F)(F)C(F)(F)C(F)(F)C(F)F)n2)cc1. The minimum atomic E-state index is -8.59. The Hall–Kier alpha value is -3.00.